The predicted octanol–water partition coefficient (Wildman–Crippen LogP) is 0.506. The Morgan fingerprint density at radius 1 is 1.36 bits per heavy atom. The molecule has 1 aromatic rings. The van der Waals surface area contributed by atoms with Crippen LogP contribution in [0.1, 0.15) is 12.8 Å². The van der Waals surface area contributed by atoms with E-state index in [4.69, 9.17) is 4.74 Å². The molecule has 0 spiro atoms. The molecule has 0 unspecified atom stereocenters. The molecule has 0 aliphatic carbocycles. The van der Waals surface area contributed by atoms with Crippen LogP contribution in [0.25, 0.3) is 0 Å². The standard InChI is InChI=1S/C10H14N2O2/c13-9-3-6-12-7-10(9)14-8-1-4-11-5-2-8/h3,6-8,11H,1-2,4-5H2,(H,12,13). The van der Waals surface area contributed by atoms with E-state index >= 15 is 0 Å². The first-order valence-electron chi connectivity index (χ1n) is 4.91. The van der Waals surface area contributed by atoms with Gasteiger partial charge in [0, 0.05) is 18.5 Å². The highest BCUT2D eigenvalue weighted by Gasteiger charge is 2.15. The Bertz CT molecular complexity index is 342. The number of aromatic nitrogens is 1. The van der Waals surface area contributed by atoms with Crippen molar-refractivity contribution in [1.29, 1.82) is 0 Å². The Morgan fingerprint density at radius 3 is 2.86 bits per heavy atom. The van der Waals surface area contributed by atoms with Gasteiger partial charge in [-0.05, 0) is 25.9 Å². The van der Waals surface area contributed by atoms with Gasteiger partial charge < -0.3 is 15.0 Å². The number of pyridine rings is 1. The summed E-state index contributed by atoms with van der Waals surface area (Å²) in [5.74, 6) is 0.430. The second-order valence-corrected chi connectivity index (χ2v) is 3.44. The molecule has 0 amide bonds. The van der Waals surface area contributed by atoms with E-state index in [9.17, 15) is 4.79 Å². The van der Waals surface area contributed by atoms with Gasteiger partial charge in [-0.15, -0.1) is 0 Å². The molecule has 0 radical (unpaired) electrons. The maximum absolute atomic E-state index is 11.3. The van der Waals surface area contributed by atoms with Crippen LogP contribution in [-0.2, 0) is 0 Å². The van der Waals surface area contributed by atoms with Crippen LogP contribution >= 0.6 is 0 Å². The van der Waals surface area contributed by atoms with Gasteiger partial charge in [-0.3, -0.25) is 4.79 Å². The van der Waals surface area contributed by atoms with E-state index in [2.05, 4.69) is 10.3 Å². The first-order chi connectivity index (χ1) is 6.86. The van der Waals surface area contributed by atoms with Gasteiger partial charge in [-0.2, -0.15) is 0 Å². The summed E-state index contributed by atoms with van der Waals surface area (Å²) in [6, 6.07) is 1.48. The normalized spacial score (nSPS) is 18.0. The number of hydrogen-bond acceptors (Lipinski definition) is 3. The quantitative estimate of drug-likeness (QED) is 0.721. The highest BCUT2D eigenvalue weighted by molar-refractivity contribution is 5.16. The van der Waals surface area contributed by atoms with Gasteiger partial charge in [0.2, 0.25) is 5.43 Å². The zero-order valence-corrected chi connectivity index (χ0v) is 7.95. The third kappa shape index (κ3) is 2.14. The van der Waals surface area contributed by atoms with Crippen molar-refractivity contribution < 1.29 is 4.74 Å². The molecule has 2 heterocycles. The van der Waals surface area contributed by atoms with Crippen molar-refractivity contribution in [2.24, 2.45) is 0 Å². The van der Waals surface area contributed by atoms with Crippen LogP contribution in [-0.4, -0.2) is 24.2 Å². The van der Waals surface area contributed by atoms with Gasteiger partial charge in [0.25, 0.3) is 0 Å². The Labute approximate surface area is 82.3 Å². The van der Waals surface area contributed by atoms with Crippen LogP contribution in [0.2, 0.25) is 0 Å². The maximum atomic E-state index is 11.3. The minimum absolute atomic E-state index is 0.0534. The number of nitrogens with one attached hydrogen (secondary N) is 2. The van der Waals surface area contributed by atoms with Crippen molar-refractivity contribution in [3.05, 3.63) is 28.7 Å². The van der Waals surface area contributed by atoms with E-state index in [1.807, 2.05) is 0 Å². The fourth-order valence-electron chi connectivity index (χ4n) is 1.59. The van der Waals surface area contributed by atoms with Gasteiger partial charge in [-0.25, -0.2) is 0 Å². The minimum atomic E-state index is -0.0534. The summed E-state index contributed by atoms with van der Waals surface area (Å²) in [5, 5.41) is 3.25. The molecule has 14 heavy (non-hydrogen) atoms. The number of ether oxygens (including phenoxy) is 1. The van der Waals surface area contributed by atoms with E-state index in [0.29, 0.717) is 5.75 Å². The van der Waals surface area contributed by atoms with E-state index in [0.717, 1.165) is 25.9 Å². The molecule has 0 atom stereocenters. The number of rotatable bonds is 2. The third-order valence-corrected chi connectivity index (χ3v) is 2.37. The summed E-state index contributed by atoms with van der Waals surface area (Å²) in [7, 11) is 0. The number of piperidine rings is 1. The molecule has 0 saturated carbocycles. The molecule has 1 aromatic heterocycles. The monoisotopic (exact) mass is 194 g/mol. The van der Waals surface area contributed by atoms with Gasteiger partial charge in [0.15, 0.2) is 5.75 Å². The van der Waals surface area contributed by atoms with Crippen LogP contribution < -0.4 is 15.5 Å². The molecule has 4 heteroatoms. The lowest BCUT2D eigenvalue weighted by Crippen LogP contribution is -2.34. The number of H-pyrrole nitrogens is 1. The molecule has 2 N–H and O–H groups in total. The van der Waals surface area contributed by atoms with E-state index in [1.54, 1.807) is 12.4 Å². The zero-order chi connectivity index (χ0) is 9.80. The molecule has 76 valence electrons. The van der Waals surface area contributed by atoms with Crippen LogP contribution in [0.4, 0.5) is 0 Å². The van der Waals surface area contributed by atoms with E-state index in [-0.39, 0.29) is 11.5 Å². The molecule has 2 rings (SSSR count). The molecule has 1 saturated heterocycles. The van der Waals surface area contributed by atoms with Gasteiger partial charge in [0.05, 0.1) is 0 Å². The molecule has 1 aliphatic heterocycles. The van der Waals surface area contributed by atoms with Crippen molar-refractivity contribution >= 4 is 0 Å². The lowest BCUT2D eigenvalue weighted by molar-refractivity contribution is 0.160. The minimum Gasteiger partial charge on any atom is -0.485 e. The van der Waals surface area contributed by atoms with Crippen LogP contribution in [0.15, 0.2) is 23.3 Å². The van der Waals surface area contributed by atoms with Gasteiger partial charge in [0.1, 0.15) is 6.10 Å². The number of aromatic amines is 1. The Kier molecular flexibility index (Phi) is 2.84. The summed E-state index contributed by atoms with van der Waals surface area (Å²) in [5.41, 5.74) is -0.0534. The van der Waals surface area contributed by atoms with Crippen molar-refractivity contribution in [2.75, 3.05) is 13.1 Å². The zero-order valence-electron chi connectivity index (χ0n) is 7.95. The van der Waals surface area contributed by atoms with Crippen molar-refractivity contribution in [3.63, 3.8) is 0 Å². The van der Waals surface area contributed by atoms with Crippen molar-refractivity contribution in [2.45, 2.75) is 18.9 Å². The maximum Gasteiger partial charge on any atom is 0.223 e. The lowest BCUT2D eigenvalue weighted by Gasteiger charge is -2.23. The average molecular weight is 194 g/mol. The van der Waals surface area contributed by atoms with Gasteiger partial charge >= 0.3 is 0 Å². The molecule has 0 aromatic carbocycles. The largest absolute Gasteiger partial charge is 0.485 e. The summed E-state index contributed by atoms with van der Waals surface area (Å²) in [6.07, 6.45) is 5.34. The smallest absolute Gasteiger partial charge is 0.223 e. The molecule has 0 bridgehead atoms. The molecular weight excluding hydrogens is 180 g/mol. The molecule has 4 nitrogen and oxygen atoms in total. The second kappa shape index (κ2) is 4.28. The van der Waals surface area contributed by atoms with E-state index < -0.39 is 0 Å². The number of hydrogen-bond donors (Lipinski definition) is 2. The highest BCUT2D eigenvalue weighted by Crippen LogP contribution is 2.10. The Hall–Kier alpha value is -1.29. The van der Waals surface area contributed by atoms with Gasteiger partial charge in [-0.1, -0.05) is 0 Å². The average Bonchev–Trinajstić information content (AvgIpc) is 2.23. The lowest BCUT2D eigenvalue weighted by atomic mass is 10.1. The van der Waals surface area contributed by atoms with Crippen LogP contribution in [0, 0.1) is 0 Å². The second-order valence-electron chi connectivity index (χ2n) is 3.44. The summed E-state index contributed by atoms with van der Waals surface area (Å²) in [4.78, 5) is 14.2. The Balaban J connectivity index is 2.03. The third-order valence-electron chi connectivity index (χ3n) is 2.37. The SMILES string of the molecule is O=c1cc[nH]cc1OC1CCNCC1. The van der Waals surface area contributed by atoms with Crippen LogP contribution in [0.3, 0.4) is 0 Å². The molecule has 1 fully saturated rings. The van der Waals surface area contributed by atoms with E-state index in [1.165, 1.54) is 6.07 Å². The fourth-order valence-corrected chi connectivity index (χ4v) is 1.59. The highest BCUT2D eigenvalue weighted by atomic mass is 16.5. The summed E-state index contributed by atoms with van der Waals surface area (Å²) in [6.45, 7) is 1.94. The Morgan fingerprint density at radius 2 is 2.14 bits per heavy atom. The van der Waals surface area contributed by atoms with Crippen molar-refractivity contribution in [3.8, 4) is 5.75 Å². The van der Waals surface area contributed by atoms with Crippen molar-refractivity contribution in [1.82, 2.24) is 10.3 Å². The topological polar surface area (TPSA) is 54.1 Å². The first kappa shape index (κ1) is 9.27. The predicted molar refractivity (Wildman–Crippen MR) is 53.6 cm³/mol. The van der Waals surface area contributed by atoms with Crippen LogP contribution in [0.5, 0.6) is 5.75 Å². The molecular formula is C10H14N2O2. The molecule has 1 aliphatic rings. The summed E-state index contributed by atoms with van der Waals surface area (Å²) >= 11 is 0. The first-order valence-corrected chi connectivity index (χ1v) is 4.91. The summed E-state index contributed by atoms with van der Waals surface area (Å²) < 4.78 is 5.60. The fraction of sp³-hybridized carbons (Fsp3) is 0.500.